The SMILES string of the molecule is NC(=NO)C(=O)C(N)=NO.NC(=NO)C(=O)C(N)=NO.[Ni].[OH3+].[OH3+]. The van der Waals surface area contributed by atoms with Crippen molar-refractivity contribution in [3.8, 4) is 0 Å². The predicted octanol–water partition coefficient (Wildman–Crippen LogP) is -5.75. The van der Waals surface area contributed by atoms with Crippen LogP contribution in [0.1, 0.15) is 0 Å². The fraction of sp³-hybridized carbons (Fsp3) is 0. The van der Waals surface area contributed by atoms with Gasteiger partial charge in [0.2, 0.25) is 23.3 Å². The maximum atomic E-state index is 10.5. The van der Waals surface area contributed by atoms with Crippen LogP contribution in [0.15, 0.2) is 20.6 Å². The van der Waals surface area contributed by atoms with E-state index in [-0.39, 0.29) is 27.4 Å². The zero-order chi connectivity index (χ0) is 16.3. The molecular formula is C6H18N8NiO8+2. The van der Waals surface area contributed by atoms with E-state index in [0.29, 0.717) is 0 Å². The Balaban J connectivity index is -0.0000000831. The van der Waals surface area contributed by atoms with E-state index in [1.54, 1.807) is 0 Å². The van der Waals surface area contributed by atoms with E-state index >= 15 is 0 Å². The number of carbonyl (C=O) groups is 2. The third-order valence-corrected chi connectivity index (χ3v) is 1.36. The van der Waals surface area contributed by atoms with Crippen molar-refractivity contribution in [1.82, 2.24) is 0 Å². The van der Waals surface area contributed by atoms with Crippen molar-refractivity contribution in [2.75, 3.05) is 0 Å². The topological polar surface area (TPSA) is 335 Å². The van der Waals surface area contributed by atoms with E-state index in [1.165, 1.54) is 0 Å². The molecule has 0 spiro atoms. The third-order valence-electron chi connectivity index (χ3n) is 1.36. The second kappa shape index (κ2) is 16.9. The molecule has 0 aromatic rings. The second-order valence-electron chi connectivity index (χ2n) is 2.60. The molecular weight excluding hydrogens is 371 g/mol. The monoisotopic (exact) mass is 388 g/mol. The molecule has 16 nitrogen and oxygen atoms in total. The summed E-state index contributed by atoms with van der Waals surface area (Å²) < 4.78 is 0. The molecule has 0 aliphatic carbocycles. The van der Waals surface area contributed by atoms with Gasteiger partial charge in [0.15, 0.2) is 0 Å². The Kier molecular flexibility index (Phi) is 23.5. The molecule has 0 saturated carbocycles. The predicted molar refractivity (Wildman–Crippen MR) is 73.4 cm³/mol. The van der Waals surface area contributed by atoms with Crippen LogP contribution in [-0.2, 0) is 37.0 Å². The largest absolute Gasteiger partial charge is 0.457 e. The van der Waals surface area contributed by atoms with E-state index in [1.807, 2.05) is 0 Å². The molecule has 0 rings (SSSR count). The number of amidine groups is 4. The summed E-state index contributed by atoms with van der Waals surface area (Å²) in [7, 11) is 0. The summed E-state index contributed by atoms with van der Waals surface area (Å²) in [6.45, 7) is 0. The van der Waals surface area contributed by atoms with E-state index in [0.717, 1.165) is 0 Å². The molecule has 0 atom stereocenters. The molecule has 0 radical (unpaired) electrons. The molecule has 0 fully saturated rings. The van der Waals surface area contributed by atoms with Gasteiger partial charge in [-0.05, 0) is 0 Å². The molecule has 138 valence electrons. The maximum Gasteiger partial charge on any atom is 0.269 e. The van der Waals surface area contributed by atoms with Gasteiger partial charge in [-0.25, -0.2) is 0 Å². The standard InChI is InChI=1S/2C3H6N4O3.Ni.2H2O/c2*4-2(6-9)1(8)3(5)7-10;;;/h2*9-10H,(H2,4,6)(H2,5,7);;2*1H2/p+2. The second-order valence-corrected chi connectivity index (χ2v) is 2.60. The summed E-state index contributed by atoms with van der Waals surface area (Å²) in [4.78, 5) is 20.9. The number of Topliss-reactive ketones (excluding diaryl/α,β-unsaturated/α-hetero) is 2. The number of nitrogens with two attached hydrogens (primary N) is 4. The quantitative estimate of drug-likeness (QED) is 0.0562. The number of ketones is 2. The Bertz CT molecular complexity index is 405. The van der Waals surface area contributed by atoms with E-state index < -0.39 is 34.9 Å². The van der Waals surface area contributed by atoms with Gasteiger partial charge in [-0.3, -0.25) is 9.59 Å². The Labute approximate surface area is 137 Å². The van der Waals surface area contributed by atoms with Gasteiger partial charge < -0.3 is 54.7 Å². The van der Waals surface area contributed by atoms with Crippen LogP contribution in [0.5, 0.6) is 0 Å². The number of carbonyl (C=O) groups excluding carboxylic acids is 2. The van der Waals surface area contributed by atoms with Gasteiger partial charge in [-0.15, -0.1) is 0 Å². The average Bonchev–Trinajstić information content (AvgIpc) is 2.50. The molecule has 0 saturated heterocycles. The molecule has 0 heterocycles. The molecule has 18 N–H and O–H groups in total. The summed E-state index contributed by atoms with van der Waals surface area (Å²) in [6, 6.07) is 0. The molecule has 0 bridgehead atoms. The molecule has 0 amide bonds. The van der Waals surface area contributed by atoms with Crippen molar-refractivity contribution in [2.24, 2.45) is 43.6 Å². The first-order valence-electron chi connectivity index (χ1n) is 4.26. The van der Waals surface area contributed by atoms with Gasteiger partial charge in [0, 0.05) is 16.5 Å². The Morgan fingerprint density at radius 3 is 0.783 bits per heavy atom. The van der Waals surface area contributed by atoms with Crippen molar-refractivity contribution in [1.29, 1.82) is 0 Å². The van der Waals surface area contributed by atoms with Gasteiger partial charge in [-0.2, -0.15) is 0 Å². The van der Waals surface area contributed by atoms with Gasteiger partial charge in [0.05, 0.1) is 0 Å². The number of hydrogen-bond donors (Lipinski definition) is 8. The van der Waals surface area contributed by atoms with Crippen LogP contribution >= 0.6 is 0 Å². The van der Waals surface area contributed by atoms with E-state index in [2.05, 4.69) is 20.6 Å². The fourth-order valence-corrected chi connectivity index (χ4v) is 0.444. The normalized spacial score (nSPS) is 11.5. The number of nitrogens with zero attached hydrogens (tertiary/aromatic N) is 4. The van der Waals surface area contributed by atoms with Crippen LogP contribution in [0, 0.1) is 0 Å². The van der Waals surface area contributed by atoms with Gasteiger partial charge >= 0.3 is 0 Å². The van der Waals surface area contributed by atoms with Crippen molar-refractivity contribution >= 4 is 34.9 Å². The molecule has 0 aliphatic rings. The van der Waals surface area contributed by atoms with Crippen LogP contribution in [0.4, 0.5) is 0 Å². The molecule has 17 heteroatoms. The molecule has 0 aromatic heterocycles. The first kappa shape index (κ1) is 32.0. The minimum absolute atomic E-state index is 0. The summed E-state index contributed by atoms with van der Waals surface area (Å²) in [5, 5.41) is 40.9. The van der Waals surface area contributed by atoms with Crippen LogP contribution in [0.2, 0.25) is 0 Å². The minimum Gasteiger partial charge on any atom is -0.457 e. The first-order chi connectivity index (χ1) is 9.26. The molecule has 0 aliphatic heterocycles. The van der Waals surface area contributed by atoms with E-state index in [4.69, 9.17) is 43.8 Å². The number of oxime groups is 4. The number of hydrogen-bond acceptors (Lipinski definition) is 10. The van der Waals surface area contributed by atoms with Crippen LogP contribution in [0.25, 0.3) is 0 Å². The third kappa shape index (κ3) is 12.3. The molecule has 0 aromatic carbocycles. The minimum atomic E-state index is -1.02. The van der Waals surface area contributed by atoms with Gasteiger partial charge in [0.25, 0.3) is 11.6 Å². The smallest absolute Gasteiger partial charge is 0.269 e. The average molecular weight is 389 g/mol. The summed E-state index contributed by atoms with van der Waals surface area (Å²) in [5.41, 5.74) is 19.1. The van der Waals surface area contributed by atoms with Gasteiger partial charge in [0.1, 0.15) is 0 Å². The molecule has 23 heavy (non-hydrogen) atoms. The van der Waals surface area contributed by atoms with Crippen LogP contribution in [-0.4, -0.2) is 55.7 Å². The van der Waals surface area contributed by atoms with Crippen molar-refractivity contribution in [3.63, 3.8) is 0 Å². The maximum absolute atomic E-state index is 10.5. The summed E-state index contributed by atoms with van der Waals surface area (Å²) in [6.07, 6.45) is 0. The van der Waals surface area contributed by atoms with Crippen LogP contribution < -0.4 is 22.9 Å². The van der Waals surface area contributed by atoms with Crippen LogP contribution in [0.3, 0.4) is 0 Å². The van der Waals surface area contributed by atoms with Crippen molar-refractivity contribution in [3.05, 3.63) is 0 Å². The Morgan fingerprint density at radius 2 is 0.696 bits per heavy atom. The van der Waals surface area contributed by atoms with Crippen molar-refractivity contribution in [2.45, 2.75) is 0 Å². The summed E-state index contributed by atoms with van der Waals surface area (Å²) >= 11 is 0. The van der Waals surface area contributed by atoms with Crippen molar-refractivity contribution < 1.29 is 57.9 Å². The van der Waals surface area contributed by atoms with Gasteiger partial charge in [-0.1, -0.05) is 20.6 Å². The fourth-order valence-electron chi connectivity index (χ4n) is 0.444. The Morgan fingerprint density at radius 1 is 0.565 bits per heavy atom. The molecule has 0 unspecified atom stereocenters. The van der Waals surface area contributed by atoms with E-state index in [9.17, 15) is 9.59 Å². The number of rotatable bonds is 4. The first-order valence-corrected chi connectivity index (χ1v) is 4.26. The zero-order valence-corrected chi connectivity index (χ0v) is 12.2. The zero-order valence-electron chi connectivity index (χ0n) is 11.2. The Hall–Kier alpha value is -3.17. The summed E-state index contributed by atoms with van der Waals surface area (Å²) in [5.74, 6) is -4.95.